The zero-order valence-corrected chi connectivity index (χ0v) is 18.2. The molecule has 4 aromatic rings. The first kappa shape index (κ1) is 20.1. The Bertz CT molecular complexity index is 1060. The smallest absolute Gasteiger partial charge is 0.214 e. The minimum Gasteiger partial charge on any atom is -0.344 e. The lowest BCUT2D eigenvalue weighted by Crippen LogP contribution is -2.46. The van der Waals surface area contributed by atoms with Crippen molar-refractivity contribution in [3.05, 3.63) is 54.7 Å². The van der Waals surface area contributed by atoms with Gasteiger partial charge in [-0.1, -0.05) is 17.8 Å². The topological polar surface area (TPSA) is 54.5 Å². The molecule has 0 aliphatic carbocycles. The average molecular weight is 440 g/mol. The maximum Gasteiger partial charge on any atom is 0.214 e. The molecule has 0 saturated carbocycles. The van der Waals surface area contributed by atoms with E-state index in [4.69, 9.17) is 5.10 Å². The van der Waals surface area contributed by atoms with Gasteiger partial charge in [0.25, 0.3) is 0 Å². The molecule has 3 aromatic heterocycles. The molecule has 1 aliphatic rings. The second-order valence-electron chi connectivity index (χ2n) is 7.90. The Morgan fingerprint density at radius 2 is 1.77 bits per heavy atom. The number of rotatable bonds is 8. The van der Waals surface area contributed by atoms with E-state index in [1.807, 2.05) is 33.9 Å². The number of nitrogens with zero attached hydrogens (tertiary/aromatic N) is 7. The average Bonchev–Trinajstić information content (AvgIpc) is 3.51. The second-order valence-corrected chi connectivity index (χ2v) is 8.84. The van der Waals surface area contributed by atoms with Crippen molar-refractivity contribution in [1.82, 2.24) is 29.3 Å². The van der Waals surface area contributed by atoms with Crippen LogP contribution in [0.4, 0.5) is 9.52 Å². The highest BCUT2D eigenvalue weighted by Crippen LogP contribution is 2.27. The molecular formula is C22H26FN7S. The van der Waals surface area contributed by atoms with Gasteiger partial charge in [-0.15, -0.1) is 5.10 Å². The molecule has 1 aromatic carbocycles. The molecule has 31 heavy (non-hydrogen) atoms. The van der Waals surface area contributed by atoms with E-state index < -0.39 is 0 Å². The number of fused-ring (bicyclic) bond motifs is 1. The number of aromatic nitrogens is 5. The first-order valence-electron chi connectivity index (χ1n) is 10.8. The third kappa shape index (κ3) is 4.77. The minimum absolute atomic E-state index is 0.237. The number of halogens is 1. The van der Waals surface area contributed by atoms with Gasteiger partial charge in [0.15, 0.2) is 0 Å². The fourth-order valence-corrected chi connectivity index (χ4v) is 4.89. The first-order valence-corrected chi connectivity index (χ1v) is 11.6. The third-order valence-electron chi connectivity index (χ3n) is 5.74. The first-order chi connectivity index (χ1) is 15.2. The second kappa shape index (κ2) is 9.15. The van der Waals surface area contributed by atoms with Gasteiger partial charge in [-0.05, 0) is 49.7 Å². The molecule has 1 aliphatic heterocycles. The quantitative estimate of drug-likeness (QED) is 0.391. The van der Waals surface area contributed by atoms with Crippen LogP contribution in [0.1, 0.15) is 19.3 Å². The van der Waals surface area contributed by atoms with Crippen LogP contribution < -0.4 is 4.90 Å². The van der Waals surface area contributed by atoms with Crippen LogP contribution in [0.2, 0.25) is 0 Å². The lowest BCUT2D eigenvalue weighted by molar-refractivity contribution is 0.251. The molecule has 1 fully saturated rings. The van der Waals surface area contributed by atoms with Crippen molar-refractivity contribution in [2.45, 2.75) is 25.8 Å². The van der Waals surface area contributed by atoms with Crippen LogP contribution in [0.25, 0.3) is 16.2 Å². The number of imidazole rings is 1. The Morgan fingerprint density at radius 1 is 0.968 bits per heavy atom. The number of piperazine rings is 1. The van der Waals surface area contributed by atoms with E-state index in [1.165, 1.54) is 31.4 Å². The fourth-order valence-electron chi connectivity index (χ4n) is 3.96. The van der Waals surface area contributed by atoms with E-state index in [0.29, 0.717) is 0 Å². The fraction of sp³-hybridized carbons (Fsp3) is 0.409. The van der Waals surface area contributed by atoms with Gasteiger partial charge in [-0.3, -0.25) is 9.58 Å². The highest BCUT2D eigenvalue weighted by atomic mass is 32.1. The van der Waals surface area contributed by atoms with Crippen LogP contribution >= 0.6 is 11.3 Å². The Kier molecular flexibility index (Phi) is 5.95. The predicted octanol–water partition coefficient (Wildman–Crippen LogP) is 3.79. The van der Waals surface area contributed by atoms with Crippen LogP contribution in [-0.4, -0.2) is 62.0 Å². The van der Waals surface area contributed by atoms with Gasteiger partial charge < -0.3 is 4.90 Å². The summed E-state index contributed by atoms with van der Waals surface area (Å²) in [6.07, 6.45) is 9.43. The monoisotopic (exact) mass is 439 g/mol. The van der Waals surface area contributed by atoms with Crippen molar-refractivity contribution < 1.29 is 4.39 Å². The molecule has 0 radical (unpaired) electrons. The summed E-state index contributed by atoms with van der Waals surface area (Å²) in [6, 6.07) is 8.39. The number of benzene rings is 1. The molecule has 0 amide bonds. The van der Waals surface area contributed by atoms with Gasteiger partial charge in [0.1, 0.15) is 5.82 Å². The molecule has 5 rings (SSSR count). The Morgan fingerprint density at radius 3 is 2.52 bits per heavy atom. The lowest BCUT2D eigenvalue weighted by Gasteiger charge is -2.34. The molecule has 9 heteroatoms. The summed E-state index contributed by atoms with van der Waals surface area (Å²) in [4.78, 5) is 10.4. The van der Waals surface area contributed by atoms with Crippen LogP contribution in [0.3, 0.4) is 0 Å². The van der Waals surface area contributed by atoms with Crippen LogP contribution in [-0.2, 0) is 6.54 Å². The highest BCUT2D eigenvalue weighted by Gasteiger charge is 2.20. The van der Waals surface area contributed by atoms with Gasteiger partial charge in [0, 0.05) is 50.7 Å². The highest BCUT2D eigenvalue weighted by molar-refractivity contribution is 7.20. The number of unbranched alkanes of at least 4 members (excludes halogenated alkanes) is 2. The van der Waals surface area contributed by atoms with E-state index >= 15 is 0 Å². The van der Waals surface area contributed by atoms with E-state index in [9.17, 15) is 4.39 Å². The zero-order valence-electron chi connectivity index (χ0n) is 17.4. The molecule has 0 bridgehead atoms. The number of aryl methyl sites for hydroxylation is 1. The number of anilines is 1. The summed E-state index contributed by atoms with van der Waals surface area (Å²) in [7, 11) is 0. The molecule has 0 N–H and O–H groups in total. The lowest BCUT2D eigenvalue weighted by atomic mass is 10.2. The van der Waals surface area contributed by atoms with Crippen LogP contribution in [0, 0.1) is 5.82 Å². The van der Waals surface area contributed by atoms with Gasteiger partial charge in [0.05, 0.1) is 11.9 Å². The van der Waals surface area contributed by atoms with Gasteiger partial charge >= 0.3 is 0 Å². The van der Waals surface area contributed by atoms with E-state index in [2.05, 4.69) is 19.9 Å². The van der Waals surface area contributed by atoms with Gasteiger partial charge in [-0.25, -0.2) is 13.9 Å². The maximum atomic E-state index is 13.1. The van der Waals surface area contributed by atoms with Crippen LogP contribution in [0.15, 0.2) is 48.9 Å². The molecular weight excluding hydrogens is 413 g/mol. The van der Waals surface area contributed by atoms with E-state index in [0.717, 1.165) is 60.6 Å². The van der Waals surface area contributed by atoms with Crippen molar-refractivity contribution in [2.24, 2.45) is 0 Å². The standard InChI is InChI=1S/C22H26FN7S/c23-19-7-5-18(6-8-19)20-17-30-21(25-20)31-22(26-30)28-15-13-27(14-16-28)10-2-1-3-11-29-12-4-9-24-29/h4-9,12,17H,1-3,10-11,13-16H2. The predicted molar refractivity (Wildman–Crippen MR) is 121 cm³/mol. The number of hydrogen-bond donors (Lipinski definition) is 0. The Labute approximate surface area is 184 Å². The molecule has 4 heterocycles. The summed E-state index contributed by atoms with van der Waals surface area (Å²) < 4.78 is 17.0. The van der Waals surface area contributed by atoms with Crippen molar-refractivity contribution in [1.29, 1.82) is 0 Å². The van der Waals surface area contributed by atoms with Crippen molar-refractivity contribution in [3.8, 4) is 11.3 Å². The van der Waals surface area contributed by atoms with E-state index in [1.54, 1.807) is 23.5 Å². The maximum absolute atomic E-state index is 13.1. The molecule has 0 atom stereocenters. The normalized spacial score (nSPS) is 15.2. The van der Waals surface area contributed by atoms with Crippen molar-refractivity contribution in [2.75, 3.05) is 37.6 Å². The summed E-state index contributed by atoms with van der Waals surface area (Å²) in [6.45, 7) is 6.30. The summed E-state index contributed by atoms with van der Waals surface area (Å²) >= 11 is 1.61. The third-order valence-corrected chi connectivity index (χ3v) is 6.72. The Hall–Kier alpha value is -2.78. The van der Waals surface area contributed by atoms with Gasteiger partial charge in [-0.2, -0.15) is 5.10 Å². The largest absolute Gasteiger partial charge is 0.344 e. The molecule has 0 unspecified atom stereocenters. The molecule has 7 nitrogen and oxygen atoms in total. The molecule has 0 spiro atoms. The minimum atomic E-state index is -0.237. The zero-order chi connectivity index (χ0) is 21.0. The van der Waals surface area contributed by atoms with E-state index in [-0.39, 0.29) is 5.82 Å². The van der Waals surface area contributed by atoms with Crippen LogP contribution in [0.5, 0.6) is 0 Å². The SMILES string of the molecule is Fc1ccc(-c2cn3nc(N4CCN(CCCCCn5cccn5)CC4)sc3n2)cc1. The number of hydrogen-bond acceptors (Lipinski definition) is 6. The summed E-state index contributed by atoms with van der Waals surface area (Å²) in [5.74, 6) is -0.237. The van der Waals surface area contributed by atoms with Gasteiger partial charge in [0.2, 0.25) is 10.1 Å². The summed E-state index contributed by atoms with van der Waals surface area (Å²) in [5.41, 5.74) is 1.72. The van der Waals surface area contributed by atoms with Crippen molar-refractivity contribution >= 4 is 21.4 Å². The van der Waals surface area contributed by atoms with Crippen molar-refractivity contribution in [3.63, 3.8) is 0 Å². The summed E-state index contributed by atoms with van der Waals surface area (Å²) in [5, 5.41) is 10.0. The molecule has 1 saturated heterocycles. The Balaban J connectivity index is 1.09. The molecule has 162 valence electrons.